The molecular formula is C44H88N2O6P+. The Morgan fingerprint density at radius 3 is 1.45 bits per heavy atom. The van der Waals surface area contributed by atoms with E-state index in [1.807, 2.05) is 27.2 Å². The molecule has 0 radical (unpaired) electrons. The topological polar surface area (TPSA) is 105 Å². The molecule has 0 heterocycles. The van der Waals surface area contributed by atoms with Crippen molar-refractivity contribution in [3.05, 3.63) is 24.3 Å². The molecule has 0 saturated carbocycles. The maximum atomic E-state index is 12.8. The third kappa shape index (κ3) is 39.0. The van der Waals surface area contributed by atoms with E-state index in [4.69, 9.17) is 9.05 Å². The summed E-state index contributed by atoms with van der Waals surface area (Å²) in [6.07, 6.45) is 42.5. The number of likely N-dealkylation sites (N-methyl/N-ethyl adjacent to an activating group) is 1. The number of aliphatic hydroxyl groups is 1. The second-order valence-electron chi connectivity index (χ2n) is 16.4. The lowest BCUT2D eigenvalue weighted by molar-refractivity contribution is -0.870. The second-order valence-corrected chi connectivity index (χ2v) is 17.9. The van der Waals surface area contributed by atoms with Crippen LogP contribution in [0.2, 0.25) is 0 Å². The predicted octanol–water partition coefficient (Wildman–Crippen LogP) is 12.1. The summed E-state index contributed by atoms with van der Waals surface area (Å²) in [7, 11) is 1.57. The zero-order valence-electron chi connectivity index (χ0n) is 35.5. The summed E-state index contributed by atoms with van der Waals surface area (Å²) >= 11 is 0. The first kappa shape index (κ1) is 52.0. The fourth-order valence-corrected chi connectivity index (χ4v) is 7.07. The highest BCUT2D eigenvalue weighted by Gasteiger charge is 2.27. The van der Waals surface area contributed by atoms with E-state index >= 15 is 0 Å². The van der Waals surface area contributed by atoms with Crippen LogP contribution in [0, 0.1) is 0 Å². The first-order chi connectivity index (χ1) is 25.5. The van der Waals surface area contributed by atoms with Crippen LogP contribution < -0.4 is 5.32 Å². The van der Waals surface area contributed by atoms with Gasteiger partial charge in [-0.2, -0.15) is 0 Å². The number of carbonyl (C=O) groups excluding carboxylic acids is 1. The van der Waals surface area contributed by atoms with Crippen molar-refractivity contribution in [3.8, 4) is 0 Å². The number of amides is 1. The summed E-state index contributed by atoms with van der Waals surface area (Å²) in [5, 5.41) is 13.8. The maximum absolute atomic E-state index is 12.8. The minimum atomic E-state index is -4.33. The molecule has 0 aliphatic carbocycles. The number of phosphoric acid groups is 1. The zero-order valence-corrected chi connectivity index (χ0v) is 36.4. The number of phosphoric ester groups is 1. The van der Waals surface area contributed by atoms with E-state index in [1.54, 1.807) is 6.08 Å². The molecule has 53 heavy (non-hydrogen) atoms. The van der Waals surface area contributed by atoms with Crippen LogP contribution >= 0.6 is 7.82 Å². The zero-order chi connectivity index (χ0) is 39.3. The van der Waals surface area contributed by atoms with Crippen molar-refractivity contribution in [2.24, 2.45) is 0 Å². The van der Waals surface area contributed by atoms with E-state index in [2.05, 4.69) is 31.3 Å². The normalized spacial score (nSPS) is 14.6. The van der Waals surface area contributed by atoms with Crippen molar-refractivity contribution >= 4 is 13.7 Å². The van der Waals surface area contributed by atoms with Crippen molar-refractivity contribution in [3.63, 3.8) is 0 Å². The summed E-state index contributed by atoms with van der Waals surface area (Å²) in [6.45, 7) is 4.79. The third-order valence-corrected chi connectivity index (χ3v) is 10.9. The van der Waals surface area contributed by atoms with Crippen LogP contribution in [0.5, 0.6) is 0 Å². The molecule has 1 amide bonds. The number of aliphatic hydroxyl groups excluding tert-OH is 1. The number of quaternary nitrogens is 1. The maximum Gasteiger partial charge on any atom is 0.472 e. The molecule has 0 bridgehead atoms. The minimum Gasteiger partial charge on any atom is -0.387 e. The first-order valence-electron chi connectivity index (χ1n) is 22.2. The van der Waals surface area contributed by atoms with Crippen LogP contribution in [0.3, 0.4) is 0 Å². The second kappa shape index (κ2) is 36.6. The van der Waals surface area contributed by atoms with Crippen molar-refractivity contribution in [2.75, 3.05) is 40.9 Å². The Morgan fingerprint density at radius 2 is 1.02 bits per heavy atom. The van der Waals surface area contributed by atoms with E-state index in [9.17, 15) is 19.4 Å². The Balaban J connectivity index is 4.28. The van der Waals surface area contributed by atoms with Gasteiger partial charge >= 0.3 is 7.82 Å². The Bertz CT molecular complexity index is 922. The quantitative estimate of drug-likeness (QED) is 0.0248. The highest BCUT2D eigenvalue weighted by atomic mass is 31.2. The molecule has 8 nitrogen and oxygen atoms in total. The molecular weight excluding hydrogens is 683 g/mol. The largest absolute Gasteiger partial charge is 0.472 e. The van der Waals surface area contributed by atoms with Crippen molar-refractivity contribution in [1.29, 1.82) is 0 Å². The van der Waals surface area contributed by atoms with Crippen LogP contribution in [0.15, 0.2) is 24.3 Å². The van der Waals surface area contributed by atoms with Gasteiger partial charge in [-0.15, -0.1) is 0 Å². The monoisotopic (exact) mass is 772 g/mol. The number of allylic oxidation sites excluding steroid dienone is 3. The molecule has 9 heteroatoms. The van der Waals surface area contributed by atoms with E-state index in [0.29, 0.717) is 17.4 Å². The smallest absolute Gasteiger partial charge is 0.387 e. The van der Waals surface area contributed by atoms with Gasteiger partial charge in [0.25, 0.3) is 0 Å². The summed E-state index contributed by atoms with van der Waals surface area (Å²) in [6, 6.07) is -0.842. The lowest BCUT2D eigenvalue weighted by Gasteiger charge is -2.25. The first-order valence-corrected chi connectivity index (χ1v) is 23.7. The number of hydrogen-bond acceptors (Lipinski definition) is 5. The van der Waals surface area contributed by atoms with Crippen molar-refractivity contribution in [2.45, 2.75) is 212 Å². The molecule has 314 valence electrons. The van der Waals surface area contributed by atoms with Crippen LogP contribution in [0.4, 0.5) is 0 Å². The molecule has 0 spiro atoms. The van der Waals surface area contributed by atoms with Crippen LogP contribution in [-0.2, 0) is 18.4 Å². The molecule has 3 unspecified atom stereocenters. The molecule has 0 aliphatic heterocycles. The Morgan fingerprint density at radius 1 is 0.623 bits per heavy atom. The number of rotatable bonds is 40. The van der Waals surface area contributed by atoms with Gasteiger partial charge < -0.3 is 19.8 Å². The average molecular weight is 772 g/mol. The number of carbonyl (C=O) groups is 1. The van der Waals surface area contributed by atoms with E-state index in [0.717, 1.165) is 38.5 Å². The van der Waals surface area contributed by atoms with Gasteiger partial charge in [-0.05, 0) is 44.9 Å². The number of nitrogens with zero attached hydrogens (tertiary/aromatic N) is 1. The SMILES string of the molecule is CCCCCCCCCC/C=C\CCCCCCCCCCCC(=O)NC(COP(=O)(O)OCC[N+](C)(C)C)C(O)/C=C/CCCCCCCCCC. The molecule has 3 N–H and O–H groups in total. The van der Waals surface area contributed by atoms with E-state index in [1.165, 1.54) is 141 Å². The lowest BCUT2D eigenvalue weighted by Crippen LogP contribution is -2.45. The Labute approximate surface area is 328 Å². The highest BCUT2D eigenvalue weighted by Crippen LogP contribution is 2.43. The fourth-order valence-electron chi connectivity index (χ4n) is 6.33. The molecule has 0 aromatic carbocycles. The highest BCUT2D eigenvalue weighted by molar-refractivity contribution is 7.47. The molecule has 0 aliphatic rings. The van der Waals surface area contributed by atoms with Gasteiger partial charge in [0.1, 0.15) is 13.2 Å². The third-order valence-electron chi connectivity index (χ3n) is 9.92. The van der Waals surface area contributed by atoms with Gasteiger partial charge in [0.05, 0.1) is 39.9 Å². The van der Waals surface area contributed by atoms with Gasteiger partial charge in [0.15, 0.2) is 0 Å². The Hall–Kier alpha value is -1.02. The summed E-state index contributed by atoms with van der Waals surface area (Å²) < 4.78 is 23.5. The summed E-state index contributed by atoms with van der Waals surface area (Å²) in [5.74, 6) is -0.181. The van der Waals surface area contributed by atoms with E-state index < -0.39 is 20.0 Å². The van der Waals surface area contributed by atoms with E-state index in [-0.39, 0.29) is 19.1 Å². The summed E-state index contributed by atoms with van der Waals surface area (Å²) in [5.41, 5.74) is 0. The lowest BCUT2D eigenvalue weighted by atomic mass is 10.0. The van der Waals surface area contributed by atoms with Crippen LogP contribution in [0.25, 0.3) is 0 Å². The van der Waals surface area contributed by atoms with Crippen LogP contribution in [-0.4, -0.2) is 73.4 Å². The molecule has 0 aromatic rings. The average Bonchev–Trinajstić information content (AvgIpc) is 3.10. The minimum absolute atomic E-state index is 0.0619. The van der Waals surface area contributed by atoms with Gasteiger partial charge in [0, 0.05) is 6.42 Å². The fraction of sp³-hybridized carbons (Fsp3) is 0.886. The van der Waals surface area contributed by atoms with Crippen LogP contribution in [0.1, 0.15) is 200 Å². The van der Waals surface area contributed by atoms with Crippen molar-refractivity contribution in [1.82, 2.24) is 5.32 Å². The number of hydrogen-bond donors (Lipinski definition) is 3. The van der Waals surface area contributed by atoms with Gasteiger partial charge in [-0.1, -0.05) is 173 Å². The van der Waals surface area contributed by atoms with Crippen molar-refractivity contribution < 1.29 is 32.9 Å². The molecule has 0 fully saturated rings. The predicted molar refractivity (Wildman–Crippen MR) is 226 cm³/mol. The van der Waals surface area contributed by atoms with Gasteiger partial charge in [0.2, 0.25) is 5.91 Å². The molecule has 0 aromatic heterocycles. The molecule has 3 atom stereocenters. The Kier molecular flexibility index (Phi) is 35.9. The van der Waals surface area contributed by atoms with Gasteiger partial charge in [-0.3, -0.25) is 13.8 Å². The molecule has 0 saturated heterocycles. The molecule has 0 rings (SSSR count). The standard InChI is InChI=1S/C44H87N2O6P/c1-6-8-10-12-14-16-18-19-20-21-22-23-24-25-26-27-28-30-32-34-36-38-44(48)45-42(41-52-53(49,50)51-40-39-46(3,4)5)43(47)37-35-33-31-29-17-15-13-11-9-7-2/h21-22,35,37,42-43,47H,6-20,23-34,36,38-41H2,1-5H3,(H-,45,48,49,50)/p+1/b22-21-,37-35+. The summed E-state index contributed by atoms with van der Waals surface area (Å²) in [4.78, 5) is 23.1. The number of unbranched alkanes of at least 4 members (excludes halogenated alkanes) is 25. The number of nitrogens with one attached hydrogen (secondary N) is 1. The van der Waals surface area contributed by atoms with Gasteiger partial charge in [-0.25, -0.2) is 4.57 Å².